The van der Waals surface area contributed by atoms with Crippen LogP contribution in [-0.2, 0) is 4.74 Å². The number of phenols is 1. The Kier molecular flexibility index (Phi) is 5.81. The normalized spacial score (nSPS) is 10.9. The molecule has 5 aromatic rings. The number of hydrogen-bond donors (Lipinski definition) is 2. The van der Waals surface area contributed by atoms with Crippen LogP contribution in [0.25, 0.3) is 44.5 Å². The number of phenolic OH excluding ortho intramolecular Hbond substituents is 1. The van der Waals surface area contributed by atoms with Crippen LogP contribution in [0.2, 0.25) is 5.02 Å². The monoisotopic (exact) mass is 482 g/mol. The number of H-pyrrole nitrogens is 1. The van der Waals surface area contributed by atoms with Crippen molar-refractivity contribution in [1.82, 2.24) is 9.97 Å². The number of methoxy groups -OCH3 is 1. The van der Waals surface area contributed by atoms with E-state index in [-0.39, 0.29) is 11.4 Å². The van der Waals surface area contributed by atoms with Gasteiger partial charge >= 0.3 is 5.97 Å². The Hall–Kier alpha value is -4.42. The Morgan fingerprint density at radius 1 is 0.886 bits per heavy atom. The van der Waals surface area contributed by atoms with Crippen molar-refractivity contribution in [3.63, 3.8) is 0 Å². The maximum absolute atomic E-state index is 12.8. The van der Waals surface area contributed by atoms with Gasteiger partial charge in [-0.15, -0.1) is 0 Å². The second-order valence-electron chi connectivity index (χ2n) is 7.93. The molecule has 172 valence electrons. The summed E-state index contributed by atoms with van der Waals surface area (Å²) < 4.78 is 4.77. The molecule has 0 saturated carbocycles. The zero-order valence-electron chi connectivity index (χ0n) is 18.6. The lowest BCUT2D eigenvalue weighted by atomic mass is 9.99. The molecule has 1 heterocycles. The van der Waals surface area contributed by atoms with Crippen molar-refractivity contribution in [1.29, 1.82) is 0 Å². The first-order valence-corrected chi connectivity index (χ1v) is 11.1. The van der Waals surface area contributed by atoms with Gasteiger partial charge in [-0.05, 0) is 41.5 Å². The number of halogens is 1. The van der Waals surface area contributed by atoms with Gasteiger partial charge in [0, 0.05) is 16.7 Å². The Bertz CT molecular complexity index is 1640. The van der Waals surface area contributed by atoms with Crippen LogP contribution in [0.5, 0.6) is 5.75 Å². The predicted octanol–water partition coefficient (Wildman–Crippen LogP) is 6.07. The quantitative estimate of drug-likeness (QED) is 0.303. The van der Waals surface area contributed by atoms with Crippen LogP contribution in [0, 0.1) is 0 Å². The molecule has 0 aliphatic carbocycles. The largest absolute Gasteiger partial charge is 0.507 e. The maximum Gasteiger partial charge on any atom is 0.337 e. The molecule has 0 aliphatic heterocycles. The SMILES string of the molecule is COC(=O)c1cccc(-c2nc3cc(-c4ccc(-c5ccccc5O)cc4)c(Cl)cc3[nH]c2=O)c1. The van der Waals surface area contributed by atoms with Gasteiger partial charge in [-0.2, -0.15) is 0 Å². The lowest BCUT2D eigenvalue weighted by Crippen LogP contribution is -2.12. The van der Waals surface area contributed by atoms with Crippen molar-refractivity contribution < 1.29 is 14.6 Å². The average Bonchev–Trinajstić information content (AvgIpc) is 2.88. The average molecular weight is 483 g/mol. The standard InChI is InChI=1S/C28H19ClN2O4/c1-35-28(34)19-6-4-5-18(13-19)26-27(33)31-24-15-22(29)21(14-23(24)30-26)17-11-9-16(10-12-17)20-7-2-3-8-25(20)32/h2-15,32H,1H3,(H,31,33). The van der Waals surface area contributed by atoms with Gasteiger partial charge in [0.25, 0.3) is 5.56 Å². The molecular weight excluding hydrogens is 464 g/mol. The molecule has 4 aromatic carbocycles. The summed E-state index contributed by atoms with van der Waals surface area (Å²) in [6.07, 6.45) is 0. The van der Waals surface area contributed by atoms with Crippen molar-refractivity contribution in [2.75, 3.05) is 7.11 Å². The number of fused-ring (bicyclic) bond motifs is 1. The highest BCUT2D eigenvalue weighted by Crippen LogP contribution is 2.34. The molecule has 0 spiro atoms. The van der Waals surface area contributed by atoms with Crippen LogP contribution in [0.4, 0.5) is 0 Å². The molecule has 0 fully saturated rings. The first-order chi connectivity index (χ1) is 16.9. The number of benzene rings is 4. The molecule has 0 saturated heterocycles. The number of aromatic hydroxyl groups is 1. The van der Waals surface area contributed by atoms with Gasteiger partial charge in [0.05, 0.1) is 28.7 Å². The fraction of sp³-hybridized carbons (Fsp3) is 0.0357. The summed E-state index contributed by atoms with van der Waals surface area (Å²) >= 11 is 6.56. The van der Waals surface area contributed by atoms with E-state index in [0.29, 0.717) is 27.2 Å². The third kappa shape index (κ3) is 4.27. The van der Waals surface area contributed by atoms with Crippen LogP contribution >= 0.6 is 11.6 Å². The summed E-state index contributed by atoms with van der Waals surface area (Å²) in [5, 5.41) is 10.6. The summed E-state index contributed by atoms with van der Waals surface area (Å²) in [5.41, 5.74) is 4.89. The van der Waals surface area contributed by atoms with E-state index in [1.165, 1.54) is 7.11 Å². The van der Waals surface area contributed by atoms with Crippen molar-refractivity contribution in [3.05, 3.63) is 106 Å². The summed E-state index contributed by atoms with van der Waals surface area (Å²) in [5.74, 6) is -0.286. The number of carbonyl (C=O) groups excluding carboxylic acids is 1. The Balaban J connectivity index is 1.58. The second-order valence-corrected chi connectivity index (χ2v) is 8.34. The Morgan fingerprint density at radius 2 is 1.60 bits per heavy atom. The highest BCUT2D eigenvalue weighted by atomic mass is 35.5. The Morgan fingerprint density at radius 3 is 2.31 bits per heavy atom. The first-order valence-electron chi connectivity index (χ1n) is 10.8. The molecule has 0 radical (unpaired) electrons. The molecule has 0 unspecified atom stereocenters. The van der Waals surface area contributed by atoms with E-state index in [4.69, 9.17) is 16.3 Å². The van der Waals surface area contributed by atoms with Crippen LogP contribution < -0.4 is 5.56 Å². The van der Waals surface area contributed by atoms with E-state index in [9.17, 15) is 14.7 Å². The third-order valence-corrected chi connectivity index (χ3v) is 6.06. The third-order valence-electron chi connectivity index (χ3n) is 5.75. The minimum Gasteiger partial charge on any atom is -0.507 e. The minimum absolute atomic E-state index is 0.187. The fourth-order valence-corrected chi connectivity index (χ4v) is 4.26. The molecule has 6 nitrogen and oxygen atoms in total. The summed E-state index contributed by atoms with van der Waals surface area (Å²) in [7, 11) is 1.30. The highest BCUT2D eigenvalue weighted by Gasteiger charge is 2.14. The second kappa shape index (κ2) is 9.08. The van der Waals surface area contributed by atoms with E-state index in [1.807, 2.05) is 42.5 Å². The van der Waals surface area contributed by atoms with Gasteiger partial charge in [0.1, 0.15) is 11.4 Å². The number of ether oxygens (including phenoxy) is 1. The van der Waals surface area contributed by atoms with E-state index < -0.39 is 11.5 Å². The molecule has 0 aliphatic rings. The van der Waals surface area contributed by atoms with Crippen LogP contribution in [-0.4, -0.2) is 28.2 Å². The number of para-hydroxylation sites is 1. The van der Waals surface area contributed by atoms with Crippen LogP contribution in [0.1, 0.15) is 10.4 Å². The highest BCUT2D eigenvalue weighted by molar-refractivity contribution is 6.34. The molecule has 7 heteroatoms. The first kappa shape index (κ1) is 22.4. The summed E-state index contributed by atoms with van der Waals surface area (Å²) in [4.78, 5) is 32.1. The molecule has 5 rings (SSSR count). The summed E-state index contributed by atoms with van der Waals surface area (Å²) in [6.45, 7) is 0. The van der Waals surface area contributed by atoms with E-state index >= 15 is 0 Å². The van der Waals surface area contributed by atoms with Crippen molar-refractivity contribution in [3.8, 4) is 39.3 Å². The van der Waals surface area contributed by atoms with E-state index in [2.05, 4.69) is 9.97 Å². The lowest BCUT2D eigenvalue weighted by Gasteiger charge is -2.10. The number of esters is 1. The number of aromatic nitrogens is 2. The van der Waals surface area contributed by atoms with Gasteiger partial charge < -0.3 is 14.8 Å². The van der Waals surface area contributed by atoms with Crippen molar-refractivity contribution in [2.45, 2.75) is 0 Å². The zero-order chi connectivity index (χ0) is 24.5. The lowest BCUT2D eigenvalue weighted by molar-refractivity contribution is 0.0601. The number of hydrogen-bond acceptors (Lipinski definition) is 5. The molecular formula is C28H19ClN2O4. The molecule has 2 N–H and O–H groups in total. The number of nitrogens with zero attached hydrogens (tertiary/aromatic N) is 1. The minimum atomic E-state index is -0.495. The number of carbonyl (C=O) groups is 1. The van der Waals surface area contributed by atoms with Crippen LogP contribution in [0.15, 0.2) is 89.7 Å². The van der Waals surface area contributed by atoms with Gasteiger partial charge in [-0.3, -0.25) is 4.79 Å². The smallest absolute Gasteiger partial charge is 0.337 e. The van der Waals surface area contributed by atoms with Gasteiger partial charge in [-0.25, -0.2) is 9.78 Å². The molecule has 0 atom stereocenters. The number of aromatic amines is 1. The molecule has 0 bridgehead atoms. The molecule has 1 aromatic heterocycles. The Labute approximate surface area is 205 Å². The number of nitrogens with one attached hydrogen (secondary N) is 1. The predicted molar refractivity (Wildman–Crippen MR) is 137 cm³/mol. The van der Waals surface area contributed by atoms with Crippen molar-refractivity contribution >= 4 is 28.6 Å². The maximum atomic E-state index is 12.8. The molecule has 35 heavy (non-hydrogen) atoms. The van der Waals surface area contributed by atoms with Gasteiger partial charge in [-0.1, -0.05) is 66.2 Å². The summed E-state index contributed by atoms with van der Waals surface area (Å²) in [6, 6.07) is 24.9. The fourth-order valence-electron chi connectivity index (χ4n) is 3.98. The van der Waals surface area contributed by atoms with Gasteiger partial charge in [0.2, 0.25) is 0 Å². The topological polar surface area (TPSA) is 92.3 Å². The molecule has 0 amide bonds. The van der Waals surface area contributed by atoms with Crippen LogP contribution in [0.3, 0.4) is 0 Å². The van der Waals surface area contributed by atoms with Crippen molar-refractivity contribution in [2.24, 2.45) is 0 Å². The van der Waals surface area contributed by atoms with E-state index in [0.717, 1.165) is 22.3 Å². The zero-order valence-corrected chi connectivity index (χ0v) is 19.3. The number of rotatable bonds is 4. The van der Waals surface area contributed by atoms with E-state index in [1.54, 1.807) is 42.5 Å². The van der Waals surface area contributed by atoms with Gasteiger partial charge in [0.15, 0.2) is 0 Å².